The third-order valence-electron chi connectivity index (χ3n) is 10.7. The van der Waals surface area contributed by atoms with Gasteiger partial charge >= 0.3 is 11.9 Å². The Labute approximate surface area is 298 Å². The molecule has 14 atom stereocenters. The molecule has 0 aromatic carbocycles. The van der Waals surface area contributed by atoms with Crippen LogP contribution in [0.2, 0.25) is 0 Å². The second-order valence-electron chi connectivity index (χ2n) is 15.4. The van der Waals surface area contributed by atoms with E-state index in [1.165, 1.54) is 13.8 Å². The van der Waals surface area contributed by atoms with Crippen LogP contribution in [-0.4, -0.2) is 126 Å². The monoisotopic (exact) mass is 710 g/mol. The number of rotatable bonds is 5. The molecule has 3 rings (SSSR count). The molecule has 0 spiro atoms. The molecule has 3 heterocycles. The Kier molecular flexibility index (Phi) is 14.4. The number of hydrogen-bond acceptors (Lipinski definition) is 12. The van der Waals surface area contributed by atoms with Gasteiger partial charge in [0.1, 0.15) is 11.7 Å². The van der Waals surface area contributed by atoms with Gasteiger partial charge in [0.25, 0.3) is 0 Å². The van der Waals surface area contributed by atoms with Crippen molar-refractivity contribution in [1.82, 2.24) is 4.90 Å². The summed E-state index contributed by atoms with van der Waals surface area (Å²) in [6, 6.07) is -0.247. The van der Waals surface area contributed by atoms with Crippen LogP contribution in [0.25, 0.3) is 0 Å². The van der Waals surface area contributed by atoms with Gasteiger partial charge in [0.2, 0.25) is 5.91 Å². The SMILES string of the molecule is C=C1CO[C@@H]2[C@@H](C)C(=NC(C)=O)[C@H](C)C[C@@](C)(OC1)[C@H](O[C@@H]1O[C@H](C)C[C@H](N(C)C)[C@H]1OC(C)=O)[C@@H](C)[C@H](O)[C@@H](C)C(=O)O[C@H](CC)[C@@]2(C)O. The summed E-state index contributed by atoms with van der Waals surface area (Å²) < 4.78 is 38.2. The molecule has 3 aliphatic heterocycles. The molecule has 13 heteroatoms. The fraction of sp³-hybridized carbons (Fsp3) is 0.838. The first kappa shape index (κ1) is 42.2. The van der Waals surface area contributed by atoms with Gasteiger partial charge in [-0.15, -0.1) is 0 Å². The number of nitrogens with zero attached hydrogens (tertiary/aromatic N) is 2. The normalized spacial score (nSPS) is 43.4. The minimum Gasteiger partial charge on any atom is -0.459 e. The summed E-state index contributed by atoms with van der Waals surface area (Å²) in [5.74, 6) is -4.51. The summed E-state index contributed by atoms with van der Waals surface area (Å²) in [5, 5.41) is 24.1. The highest BCUT2D eigenvalue weighted by Gasteiger charge is 2.53. The number of aliphatic hydroxyl groups is 2. The molecule has 3 fully saturated rings. The van der Waals surface area contributed by atoms with Crippen molar-refractivity contribution in [3.63, 3.8) is 0 Å². The molecule has 286 valence electrons. The van der Waals surface area contributed by atoms with E-state index in [1.54, 1.807) is 27.7 Å². The van der Waals surface area contributed by atoms with E-state index in [9.17, 15) is 24.6 Å². The molecular weight excluding hydrogens is 648 g/mol. The van der Waals surface area contributed by atoms with Crippen molar-refractivity contribution in [2.45, 2.75) is 149 Å². The standard InChI is InChI=1S/C37H62N2O11/c1-14-28-37(11,44)33-22(5)29(38-25(8)40)20(3)16-36(10,46-18-19(2)17-45-33)32(23(6)30(42)24(7)34(43)49-28)50-35-31(48-26(9)41)27(39(12)13)15-21(4)47-35/h20-24,27-28,30-33,35,42,44H,2,14-18H2,1,3-13H3/t20-,21-,22+,23+,24-,27+,28-,30+,31-,32-,33-,35+,36-,37-/m1/s1. The minimum atomic E-state index is -1.73. The zero-order valence-corrected chi connectivity index (χ0v) is 32.1. The first-order chi connectivity index (χ1) is 23.1. The number of fused-ring (bicyclic) bond motifs is 5. The van der Waals surface area contributed by atoms with E-state index in [4.69, 9.17) is 28.4 Å². The van der Waals surface area contributed by atoms with Gasteiger partial charge in [-0.3, -0.25) is 14.4 Å². The van der Waals surface area contributed by atoms with Gasteiger partial charge in [-0.25, -0.2) is 4.99 Å². The Morgan fingerprint density at radius 3 is 2.28 bits per heavy atom. The Bertz CT molecular complexity index is 1250. The largest absolute Gasteiger partial charge is 0.459 e. The van der Waals surface area contributed by atoms with E-state index >= 15 is 0 Å². The fourth-order valence-electron chi connectivity index (χ4n) is 8.05. The summed E-state index contributed by atoms with van der Waals surface area (Å²) in [6.45, 7) is 21.1. The molecule has 0 unspecified atom stereocenters. The van der Waals surface area contributed by atoms with Crippen molar-refractivity contribution in [3.8, 4) is 0 Å². The maximum absolute atomic E-state index is 13.8. The third kappa shape index (κ3) is 9.58. The fourth-order valence-corrected chi connectivity index (χ4v) is 8.05. The lowest BCUT2D eigenvalue weighted by molar-refractivity contribution is -0.304. The molecule has 2 N–H and O–H groups in total. The molecule has 13 nitrogen and oxygen atoms in total. The van der Waals surface area contributed by atoms with Crippen LogP contribution in [0.4, 0.5) is 0 Å². The van der Waals surface area contributed by atoms with Crippen molar-refractivity contribution in [1.29, 1.82) is 0 Å². The number of aliphatic hydroxyl groups excluding tert-OH is 1. The number of cyclic esters (lactones) is 1. The van der Waals surface area contributed by atoms with Crippen LogP contribution in [0.5, 0.6) is 0 Å². The maximum atomic E-state index is 13.8. The number of ether oxygens (including phenoxy) is 6. The first-order valence-electron chi connectivity index (χ1n) is 17.9. The van der Waals surface area contributed by atoms with Crippen molar-refractivity contribution < 1.29 is 53.0 Å². The smallest absolute Gasteiger partial charge is 0.311 e. The second kappa shape index (κ2) is 17.0. The van der Waals surface area contributed by atoms with Crippen LogP contribution < -0.4 is 0 Å². The molecule has 0 aliphatic carbocycles. The minimum absolute atomic E-state index is 0.00422. The van der Waals surface area contributed by atoms with Gasteiger partial charge in [0, 0.05) is 31.4 Å². The predicted molar refractivity (Wildman–Crippen MR) is 186 cm³/mol. The van der Waals surface area contributed by atoms with Gasteiger partial charge in [-0.1, -0.05) is 34.3 Å². The maximum Gasteiger partial charge on any atom is 0.311 e. The van der Waals surface area contributed by atoms with E-state index in [1.807, 2.05) is 46.7 Å². The average Bonchev–Trinajstić information content (AvgIpc) is 3.03. The molecule has 0 saturated carbocycles. The van der Waals surface area contributed by atoms with Crippen LogP contribution in [0.1, 0.15) is 88.5 Å². The molecule has 3 aliphatic rings. The van der Waals surface area contributed by atoms with Crippen LogP contribution in [-0.2, 0) is 42.8 Å². The van der Waals surface area contributed by atoms with Gasteiger partial charge in [-0.05, 0) is 72.5 Å². The number of aliphatic imine (C=N–C) groups is 1. The highest BCUT2D eigenvalue weighted by molar-refractivity contribution is 5.97. The quantitative estimate of drug-likeness (QED) is 0.316. The van der Waals surface area contributed by atoms with Crippen molar-refractivity contribution in [2.24, 2.45) is 28.7 Å². The van der Waals surface area contributed by atoms with Crippen LogP contribution in [0.15, 0.2) is 17.1 Å². The lowest BCUT2D eigenvalue weighted by Crippen LogP contribution is -2.61. The molecule has 1 amide bonds. The van der Waals surface area contributed by atoms with E-state index in [2.05, 4.69) is 11.6 Å². The van der Waals surface area contributed by atoms with Gasteiger partial charge < -0.3 is 43.5 Å². The topological polar surface area (TPSA) is 163 Å². The van der Waals surface area contributed by atoms with E-state index in [-0.39, 0.29) is 38.2 Å². The van der Waals surface area contributed by atoms with Gasteiger partial charge in [0.05, 0.1) is 55.2 Å². The van der Waals surface area contributed by atoms with E-state index < -0.39 is 89.5 Å². The Hall–Kier alpha value is -2.26. The molecule has 50 heavy (non-hydrogen) atoms. The highest BCUT2D eigenvalue weighted by Crippen LogP contribution is 2.41. The zero-order valence-electron chi connectivity index (χ0n) is 32.1. The molecule has 2 bridgehead atoms. The summed E-state index contributed by atoms with van der Waals surface area (Å²) >= 11 is 0. The summed E-state index contributed by atoms with van der Waals surface area (Å²) in [6.07, 6.45) is -5.38. The number of esters is 2. The van der Waals surface area contributed by atoms with Crippen LogP contribution in [0.3, 0.4) is 0 Å². The molecular formula is C37H62N2O11. The Balaban J connectivity index is 2.31. The third-order valence-corrected chi connectivity index (χ3v) is 10.7. The zero-order chi connectivity index (χ0) is 37.9. The van der Waals surface area contributed by atoms with Gasteiger partial charge in [-0.2, -0.15) is 0 Å². The summed E-state index contributed by atoms with van der Waals surface area (Å²) in [7, 11) is 3.79. The molecule has 0 aromatic heterocycles. The summed E-state index contributed by atoms with van der Waals surface area (Å²) in [4.78, 5) is 45.2. The molecule has 0 aromatic rings. The number of hydrogen-bond donors (Lipinski definition) is 2. The van der Waals surface area contributed by atoms with Crippen LogP contribution in [0, 0.1) is 23.7 Å². The summed E-state index contributed by atoms with van der Waals surface area (Å²) in [5.41, 5.74) is -1.93. The number of amides is 1. The number of carbonyl (C=O) groups excluding carboxylic acids is 3. The Morgan fingerprint density at radius 2 is 1.72 bits per heavy atom. The molecule has 3 saturated heterocycles. The lowest BCUT2D eigenvalue weighted by Gasteiger charge is -2.49. The van der Waals surface area contributed by atoms with Gasteiger partial charge in [0.15, 0.2) is 12.4 Å². The molecule has 0 radical (unpaired) electrons. The highest BCUT2D eigenvalue weighted by atomic mass is 16.7. The number of likely N-dealkylation sites (N-methyl/N-ethyl adjacent to an activating group) is 1. The van der Waals surface area contributed by atoms with Crippen molar-refractivity contribution >= 4 is 23.6 Å². The van der Waals surface area contributed by atoms with Crippen LogP contribution >= 0.6 is 0 Å². The number of carbonyl (C=O) groups is 3. The van der Waals surface area contributed by atoms with Crippen molar-refractivity contribution in [3.05, 3.63) is 12.2 Å². The van der Waals surface area contributed by atoms with Crippen molar-refractivity contribution in [2.75, 3.05) is 27.3 Å². The van der Waals surface area contributed by atoms with E-state index in [0.717, 1.165) is 0 Å². The first-order valence-corrected chi connectivity index (χ1v) is 17.9. The average molecular weight is 711 g/mol. The predicted octanol–water partition coefficient (Wildman–Crippen LogP) is 3.47. The van der Waals surface area contributed by atoms with E-state index in [0.29, 0.717) is 17.7 Å². The second-order valence-corrected chi connectivity index (χ2v) is 15.4. The lowest BCUT2D eigenvalue weighted by atomic mass is 9.73. The Morgan fingerprint density at radius 1 is 1.08 bits per heavy atom.